The van der Waals surface area contributed by atoms with Crippen molar-refractivity contribution in [3.05, 3.63) is 83.9 Å². The molecule has 1 aromatic heterocycles. The van der Waals surface area contributed by atoms with Crippen molar-refractivity contribution in [2.24, 2.45) is 0 Å². The van der Waals surface area contributed by atoms with Crippen LogP contribution in [0.25, 0.3) is 33.3 Å². The maximum atomic E-state index is 14.5. The highest BCUT2D eigenvalue weighted by atomic mass is 19.1. The van der Waals surface area contributed by atoms with E-state index in [9.17, 15) is 8.78 Å². The Morgan fingerprint density at radius 3 is 2.36 bits per heavy atom. The molecule has 124 valence electrons. The summed E-state index contributed by atoms with van der Waals surface area (Å²) in [5, 5.41) is 10.0. The molecule has 25 heavy (non-hydrogen) atoms. The average Bonchev–Trinajstić information content (AvgIpc) is 3.06. The number of nitrogens with one attached hydrogen (secondary N) is 1. The Hall–Kier alpha value is -2.98. The molecule has 4 rings (SSSR count). The van der Waals surface area contributed by atoms with Crippen molar-refractivity contribution in [3.63, 3.8) is 0 Å². The molecule has 2 nitrogen and oxygen atoms in total. The van der Waals surface area contributed by atoms with Crippen LogP contribution in [0, 0.1) is 11.6 Å². The Kier molecular flexibility index (Phi) is 3.82. The number of aliphatic hydroxyl groups is 1. The topological polar surface area (TPSA) is 36.0 Å². The largest absolute Gasteiger partial charge is 0.392 e. The molecule has 0 aliphatic carbocycles. The van der Waals surface area contributed by atoms with Crippen molar-refractivity contribution in [3.8, 4) is 22.4 Å². The standard InChI is InChI=1S/C21H15F2NO/c22-15-7-5-14(6-8-15)21-11-18-16(2-1-3-20(18)24-21)17-9-4-13(12-25)10-19(17)23/h1-11,24-25H,12H2. The van der Waals surface area contributed by atoms with E-state index in [4.69, 9.17) is 5.11 Å². The predicted molar refractivity (Wildman–Crippen MR) is 95.0 cm³/mol. The fourth-order valence-corrected chi connectivity index (χ4v) is 3.05. The minimum absolute atomic E-state index is 0.194. The van der Waals surface area contributed by atoms with Crippen LogP contribution in [-0.4, -0.2) is 10.1 Å². The zero-order valence-corrected chi connectivity index (χ0v) is 13.3. The lowest BCUT2D eigenvalue weighted by molar-refractivity contribution is 0.281. The summed E-state index contributed by atoms with van der Waals surface area (Å²) < 4.78 is 27.6. The number of aliphatic hydroxyl groups excluding tert-OH is 1. The second-order valence-corrected chi connectivity index (χ2v) is 5.93. The van der Waals surface area contributed by atoms with Crippen LogP contribution in [0.4, 0.5) is 8.78 Å². The van der Waals surface area contributed by atoms with Crippen molar-refractivity contribution < 1.29 is 13.9 Å². The third-order valence-electron chi connectivity index (χ3n) is 4.33. The number of halogens is 2. The van der Waals surface area contributed by atoms with Crippen molar-refractivity contribution in [1.29, 1.82) is 0 Å². The van der Waals surface area contributed by atoms with Gasteiger partial charge in [0, 0.05) is 22.2 Å². The molecule has 0 aliphatic rings. The van der Waals surface area contributed by atoms with E-state index in [0.717, 1.165) is 27.7 Å². The molecule has 0 bridgehead atoms. The van der Waals surface area contributed by atoms with Crippen LogP contribution in [0.15, 0.2) is 66.7 Å². The van der Waals surface area contributed by atoms with Crippen LogP contribution >= 0.6 is 0 Å². The van der Waals surface area contributed by atoms with Crippen molar-refractivity contribution in [1.82, 2.24) is 4.98 Å². The van der Waals surface area contributed by atoms with Crippen LogP contribution in [0.1, 0.15) is 5.56 Å². The minimum atomic E-state index is -0.372. The van der Waals surface area contributed by atoms with Gasteiger partial charge in [0.2, 0.25) is 0 Å². The van der Waals surface area contributed by atoms with Crippen molar-refractivity contribution in [2.45, 2.75) is 6.61 Å². The molecular weight excluding hydrogens is 320 g/mol. The second-order valence-electron chi connectivity index (χ2n) is 5.93. The minimum Gasteiger partial charge on any atom is -0.392 e. The number of benzene rings is 3. The van der Waals surface area contributed by atoms with Crippen LogP contribution in [0.3, 0.4) is 0 Å². The molecule has 0 saturated heterocycles. The first-order valence-corrected chi connectivity index (χ1v) is 7.93. The van der Waals surface area contributed by atoms with Gasteiger partial charge in [-0.05, 0) is 59.2 Å². The summed E-state index contributed by atoms with van der Waals surface area (Å²) >= 11 is 0. The highest BCUT2D eigenvalue weighted by molar-refractivity contribution is 5.98. The van der Waals surface area contributed by atoms with E-state index in [-0.39, 0.29) is 18.2 Å². The molecule has 0 fully saturated rings. The van der Waals surface area contributed by atoms with E-state index < -0.39 is 0 Å². The number of hydrogen-bond acceptors (Lipinski definition) is 1. The van der Waals surface area contributed by atoms with Gasteiger partial charge in [-0.3, -0.25) is 0 Å². The molecule has 0 atom stereocenters. The summed E-state index contributed by atoms with van der Waals surface area (Å²) in [5.41, 5.74) is 4.36. The number of aromatic amines is 1. The molecule has 0 spiro atoms. The monoisotopic (exact) mass is 335 g/mol. The number of H-pyrrole nitrogens is 1. The van der Waals surface area contributed by atoms with Crippen LogP contribution in [0.5, 0.6) is 0 Å². The average molecular weight is 335 g/mol. The molecule has 3 aromatic carbocycles. The van der Waals surface area contributed by atoms with Gasteiger partial charge in [-0.15, -0.1) is 0 Å². The normalized spacial score (nSPS) is 11.2. The second kappa shape index (κ2) is 6.15. The van der Waals surface area contributed by atoms with Gasteiger partial charge < -0.3 is 10.1 Å². The van der Waals surface area contributed by atoms with Gasteiger partial charge in [0.1, 0.15) is 11.6 Å². The van der Waals surface area contributed by atoms with E-state index >= 15 is 0 Å². The van der Waals surface area contributed by atoms with Crippen LogP contribution < -0.4 is 0 Å². The fourth-order valence-electron chi connectivity index (χ4n) is 3.05. The van der Waals surface area contributed by atoms with Crippen LogP contribution in [-0.2, 0) is 6.61 Å². The lowest BCUT2D eigenvalue weighted by atomic mass is 9.99. The first-order valence-electron chi connectivity index (χ1n) is 7.93. The van der Waals surface area contributed by atoms with Gasteiger partial charge in [-0.1, -0.05) is 24.3 Å². The third-order valence-corrected chi connectivity index (χ3v) is 4.33. The molecule has 1 heterocycles. The Bertz CT molecular complexity index is 1050. The quantitative estimate of drug-likeness (QED) is 0.525. The Morgan fingerprint density at radius 1 is 0.840 bits per heavy atom. The fraction of sp³-hybridized carbons (Fsp3) is 0.0476. The lowest BCUT2D eigenvalue weighted by Gasteiger charge is -2.06. The summed E-state index contributed by atoms with van der Waals surface area (Å²) in [7, 11) is 0. The summed E-state index contributed by atoms with van der Waals surface area (Å²) in [5.74, 6) is -0.657. The molecule has 0 aliphatic heterocycles. The van der Waals surface area contributed by atoms with Crippen LogP contribution in [0.2, 0.25) is 0 Å². The Labute approximate surface area is 143 Å². The molecule has 4 aromatic rings. The maximum absolute atomic E-state index is 14.5. The Balaban J connectivity index is 1.87. The molecule has 2 N–H and O–H groups in total. The smallest absolute Gasteiger partial charge is 0.131 e. The molecule has 4 heteroatoms. The van der Waals surface area contributed by atoms with Gasteiger partial charge in [0.25, 0.3) is 0 Å². The summed E-state index contributed by atoms with van der Waals surface area (Å²) in [6.07, 6.45) is 0. The van der Waals surface area contributed by atoms with Gasteiger partial charge >= 0.3 is 0 Å². The molecule has 0 radical (unpaired) electrons. The van der Waals surface area contributed by atoms with Crippen molar-refractivity contribution in [2.75, 3.05) is 0 Å². The maximum Gasteiger partial charge on any atom is 0.131 e. The molecule has 0 amide bonds. The van der Waals surface area contributed by atoms with Gasteiger partial charge in [0.05, 0.1) is 6.61 Å². The van der Waals surface area contributed by atoms with E-state index in [1.54, 1.807) is 24.3 Å². The number of rotatable bonds is 3. The molecular formula is C21H15F2NO. The zero-order valence-electron chi connectivity index (χ0n) is 13.3. The van der Waals surface area contributed by atoms with E-state index in [2.05, 4.69) is 4.98 Å². The van der Waals surface area contributed by atoms with E-state index in [0.29, 0.717) is 11.1 Å². The highest BCUT2D eigenvalue weighted by Gasteiger charge is 2.12. The van der Waals surface area contributed by atoms with Crippen molar-refractivity contribution >= 4 is 10.9 Å². The zero-order chi connectivity index (χ0) is 17.4. The van der Waals surface area contributed by atoms with Gasteiger partial charge in [0.15, 0.2) is 0 Å². The first kappa shape index (κ1) is 15.5. The molecule has 0 saturated carbocycles. The van der Waals surface area contributed by atoms with Gasteiger partial charge in [-0.25, -0.2) is 8.78 Å². The van der Waals surface area contributed by atoms with Gasteiger partial charge in [-0.2, -0.15) is 0 Å². The highest BCUT2D eigenvalue weighted by Crippen LogP contribution is 2.33. The SMILES string of the molecule is OCc1ccc(-c2cccc3[nH]c(-c4ccc(F)cc4)cc23)c(F)c1. The number of fused-ring (bicyclic) bond motifs is 1. The predicted octanol–water partition coefficient (Wildman–Crippen LogP) is 5.27. The number of aromatic nitrogens is 1. The Morgan fingerprint density at radius 2 is 1.64 bits per heavy atom. The van der Waals surface area contributed by atoms with E-state index in [1.807, 2.05) is 24.3 Å². The summed E-state index contributed by atoms with van der Waals surface area (Å²) in [6.45, 7) is -0.194. The lowest BCUT2D eigenvalue weighted by Crippen LogP contribution is -1.89. The van der Waals surface area contributed by atoms with E-state index in [1.165, 1.54) is 18.2 Å². The third kappa shape index (κ3) is 2.81. The summed E-state index contributed by atoms with van der Waals surface area (Å²) in [6, 6.07) is 18.6. The first-order chi connectivity index (χ1) is 12.2. The molecule has 0 unspecified atom stereocenters. The summed E-state index contributed by atoms with van der Waals surface area (Å²) in [4.78, 5) is 3.30. The number of hydrogen-bond donors (Lipinski definition) is 2.